The molecule has 0 N–H and O–H groups in total. The van der Waals surface area contributed by atoms with Gasteiger partial charge in [0.05, 0.1) is 15.9 Å². The Morgan fingerprint density at radius 2 is 1.77 bits per heavy atom. The average molecular weight is 443 g/mol. The van der Waals surface area contributed by atoms with Crippen LogP contribution in [0.4, 0.5) is 16.5 Å². The lowest BCUT2D eigenvalue weighted by atomic mass is 10.1. The molecule has 1 heterocycles. The number of aryl methyl sites for hydroxylation is 1. The Bertz CT molecular complexity index is 982. The van der Waals surface area contributed by atoms with Crippen LogP contribution in [0, 0.1) is 6.92 Å². The number of hydrogen-bond donors (Lipinski definition) is 0. The highest BCUT2D eigenvalue weighted by molar-refractivity contribution is 7.21. The van der Waals surface area contributed by atoms with Gasteiger partial charge in [-0.1, -0.05) is 62.0 Å². The molecule has 0 unspecified atom stereocenters. The number of unbranched alkanes of at least 4 members (excludes halogenated alkanes) is 5. The van der Waals surface area contributed by atoms with Gasteiger partial charge in [0.2, 0.25) is 5.13 Å². The van der Waals surface area contributed by atoms with Crippen molar-refractivity contribution in [2.75, 3.05) is 18.0 Å². The van der Waals surface area contributed by atoms with E-state index >= 15 is 0 Å². The smallest absolute Gasteiger partial charge is 0.231 e. The molecule has 0 aliphatic heterocycles. The van der Waals surface area contributed by atoms with E-state index in [0.29, 0.717) is 10.2 Å². The maximum absolute atomic E-state index is 6.05. The number of halogens is 1. The van der Waals surface area contributed by atoms with Gasteiger partial charge in [0.25, 0.3) is 0 Å². The monoisotopic (exact) mass is 442 g/mol. The predicted molar refractivity (Wildman–Crippen MR) is 131 cm³/mol. The van der Waals surface area contributed by atoms with Gasteiger partial charge in [0.15, 0.2) is 0 Å². The van der Waals surface area contributed by atoms with Gasteiger partial charge in [-0.15, -0.1) is 10.2 Å². The zero-order valence-corrected chi connectivity index (χ0v) is 19.8. The highest BCUT2D eigenvalue weighted by atomic mass is 35.5. The topological polar surface area (TPSA) is 40.9 Å². The highest BCUT2D eigenvalue weighted by Gasteiger charge is 2.08. The zero-order chi connectivity index (χ0) is 21.3. The second-order valence-electron chi connectivity index (χ2n) is 7.63. The molecule has 0 radical (unpaired) electrons. The molecule has 30 heavy (non-hydrogen) atoms. The molecule has 4 nitrogen and oxygen atoms in total. The van der Waals surface area contributed by atoms with Gasteiger partial charge in [0.1, 0.15) is 0 Å². The summed E-state index contributed by atoms with van der Waals surface area (Å²) in [4.78, 5) is 6.96. The molecule has 0 fully saturated rings. The van der Waals surface area contributed by atoms with E-state index in [4.69, 9.17) is 11.6 Å². The lowest BCUT2D eigenvalue weighted by molar-refractivity contribution is 0.601. The van der Waals surface area contributed by atoms with Crippen molar-refractivity contribution >= 4 is 49.7 Å². The Hall–Kier alpha value is -1.98. The third kappa shape index (κ3) is 6.26. The van der Waals surface area contributed by atoms with E-state index in [1.54, 1.807) is 0 Å². The third-order valence-corrected chi connectivity index (χ3v) is 6.43. The van der Waals surface area contributed by atoms with Gasteiger partial charge < -0.3 is 4.90 Å². The summed E-state index contributed by atoms with van der Waals surface area (Å²) < 4.78 is 1.02. The summed E-state index contributed by atoms with van der Waals surface area (Å²) in [5.74, 6) is 0. The highest BCUT2D eigenvalue weighted by Crippen LogP contribution is 2.32. The Labute approximate surface area is 189 Å². The van der Waals surface area contributed by atoms with E-state index in [1.807, 2.05) is 18.2 Å². The van der Waals surface area contributed by atoms with Crippen molar-refractivity contribution in [1.29, 1.82) is 0 Å². The van der Waals surface area contributed by atoms with E-state index in [9.17, 15) is 0 Å². The first-order chi connectivity index (χ1) is 14.6. The maximum Gasteiger partial charge on any atom is 0.231 e. The van der Waals surface area contributed by atoms with Gasteiger partial charge in [-0.2, -0.15) is 0 Å². The normalized spacial score (nSPS) is 11.6. The summed E-state index contributed by atoms with van der Waals surface area (Å²) in [5, 5.41) is 10.2. The van der Waals surface area contributed by atoms with Gasteiger partial charge >= 0.3 is 0 Å². The van der Waals surface area contributed by atoms with Crippen LogP contribution in [0.25, 0.3) is 10.2 Å². The van der Waals surface area contributed by atoms with Gasteiger partial charge in [-0.05, 0) is 62.2 Å². The second-order valence-corrected chi connectivity index (χ2v) is 9.07. The molecule has 160 valence electrons. The number of anilines is 1. The first-order valence-electron chi connectivity index (χ1n) is 10.9. The van der Waals surface area contributed by atoms with Gasteiger partial charge in [0, 0.05) is 23.8 Å². The van der Waals surface area contributed by atoms with E-state index in [1.165, 1.54) is 55.5 Å². The molecule has 2 aromatic carbocycles. The second kappa shape index (κ2) is 11.4. The fraction of sp³-hybridized carbons (Fsp3) is 0.458. The summed E-state index contributed by atoms with van der Waals surface area (Å²) in [7, 11) is 0. The summed E-state index contributed by atoms with van der Waals surface area (Å²) in [6, 6.07) is 12.1. The van der Waals surface area contributed by atoms with E-state index in [0.717, 1.165) is 34.6 Å². The van der Waals surface area contributed by atoms with Crippen LogP contribution in [0.2, 0.25) is 5.02 Å². The van der Waals surface area contributed by atoms with E-state index in [2.05, 4.69) is 59.1 Å². The molecular weight excluding hydrogens is 412 g/mol. The number of benzene rings is 2. The quantitative estimate of drug-likeness (QED) is 0.219. The van der Waals surface area contributed by atoms with Crippen LogP contribution in [-0.4, -0.2) is 18.1 Å². The SMILES string of the molecule is CCCCCCCCN(CC)c1ccc(/N=N/c2nc3ccc(Cl)cc3s2)c(C)c1. The third-order valence-electron chi connectivity index (χ3n) is 5.29. The molecule has 0 saturated heterocycles. The standard InChI is InChI=1S/C24H31ClN4S/c1-4-6-7-8-9-10-15-29(5-2)20-12-14-21(18(3)16-20)27-28-24-26-22-13-11-19(25)17-23(22)30-24/h11-14,16-17H,4-10,15H2,1-3H3/b28-27+. The average Bonchev–Trinajstić information content (AvgIpc) is 3.14. The van der Waals surface area contributed by atoms with Crippen LogP contribution in [0.1, 0.15) is 57.9 Å². The number of rotatable bonds is 11. The number of thiazole rings is 1. The van der Waals surface area contributed by atoms with Gasteiger partial charge in [-0.25, -0.2) is 4.98 Å². The first kappa shape index (κ1) is 22.7. The maximum atomic E-state index is 6.05. The summed E-state index contributed by atoms with van der Waals surface area (Å²) in [6.45, 7) is 8.70. The zero-order valence-electron chi connectivity index (χ0n) is 18.2. The van der Waals surface area contributed by atoms with Crippen LogP contribution in [0.15, 0.2) is 46.6 Å². The van der Waals surface area contributed by atoms with Crippen molar-refractivity contribution in [3.8, 4) is 0 Å². The van der Waals surface area contributed by atoms with Crippen molar-refractivity contribution in [3.05, 3.63) is 47.0 Å². The van der Waals surface area contributed by atoms with Crippen LogP contribution < -0.4 is 4.90 Å². The van der Waals surface area contributed by atoms with Crippen molar-refractivity contribution in [2.24, 2.45) is 10.2 Å². The van der Waals surface area contributed by atoms with Crippen LogP contribution in [0.3, 0.4) is 0 Å². The molecule has 0 amide bonds. The lowest BCUT2D eigenvalue weighted by Gasteiger charge is -2.23. The molecular formula is C24H31ClN4S. The van der Waals surface area contributed by atoms with Gasteiger partial charge in [-0.3, -0.25) is 0 Å². The fourth-order valence-electron chi connectivity index (χ4n) is 3.53. The number of nitrogens with zero attached hydrogens (tertiary/aromatic N) is 4. The molecule has 3 rings (SSSR count). The minimum Gasteiger partial charge on any atom is -0.372 e. The number of aromatic nitrogens is 1. The summed E-state index contributed by atoms with van der Waals surface area (Å²) >= 11 is 7.55. The van der Waals surface area contributed by atoms with Crippen LogP contribution in [-0.2, 0) is 0 Å². The van der Waals surface area contributed by atoms with Crippen molar-refractivity contribution in [3.63, 3.8) is 0 Å². The molecule has 0 atom stereocenters. The minimum absolute atomic E-state index is 0.647. The van der Waals surface area contributed by atoms with Crippen molar-refractivity contribution in [2.45, 2.75) is 59.3 Å². The Morgan fingerprint density at radius 1 is 0.967 bits per heavy atom. The number of azo groups is 1. The molecule has 6 heteroatoms. The molecule has 0 bridgehead atoms. The summed E-state index contributed by atoms with van der Waals surface area (Å²) in [5.41, 5.74) is 4.17. The number of hydrogen-bond acceptors (Lipinski definition) is 5. The molecule has 0 aliphatic rings. The number of fused-ring (bicyclic) bond motifs is 1. The predicted octanol–water partition coefficient (Wildman–Crippen LogP) is 8.86. The van der Waals surface area contributed by atoms with Crippen LogP contribution >= 0.6 is 22.9 Å². The molecule has 3 aromatic rings. The van der Waals surface area contributed by atoms with E-state index in [-0.39, 0.29) is 0 Å². The van der Waals surface area contributed by atoms with Crippen molar-refractivity contribution in [1.82, 2.24) is 4.98 Å². The Morgan fingerprint density at radius 3 is 2.53 bits per heavy atom. The van der Waals surface area contributed by atoms with Crippen LogP contribution in [0.5, 0.6) is 0 Å². The molecule has 1 aromatic heterocycles. The lowest BCUT2D eigenvalue weighted by Crippen LogP contribution is -2.23. The minimum atomic E-state index is 0.647. The Kier molecular flexibility index (Phi) is 8.64. The first-order valence-corrected chi connectivity index (χ1v) is 12.1. The van der Waals surface area contributed by atoms with Crippen molar-refractivity contribution < 1.29 is 0 Å². The Balaban J connectivity index is 1.62. The molecule has 0 saturated carbocycles. The fourth-order valence-corrected chi connectivity index (χ4v) is 4.59. The largest absolute Gasteiger partial charge is 0.372 e. The van der Waals surface area contributed by atoms with E-state index < -0.39 is 0 Å². The summed E-state index contributed by atoms with van der Waals surface area (Å²) in [6.07, 6.45) is 7.94. The molecule has 0 aliphatic carbocycles. The molecule has 0 spiro atoms.